The van der Waals surface area contributed by atoms with Crippen LogP contribution in [-0.4, -0.2) is 4.98 Å². The van der Waals surface area contributed by atoms with Crippen LogP contribution in [0.15, 0.2) is 48.5 Å². The number of fused-ring (bicyclic) bond motifs is 1. The molecule has 3 heteroatoms. The molecular formula is C14H9ClFN. The molecule has 3 rings (SSSR count). The highest BCUT2D eigenvalue weighted by Gasteiger charge is 2.03. The van der Waals surface area contributed by atoms with Crippen molar-refractivity contribution >= 4 is 22.5 Å². The van der Waals surface area contributed by atoms with E-state index in [9.17, 15) is 4.39 Å². The summed E-state index contributed by atoms with van der Waals surface area (Å²) in [6, 6.07) is 14.2. The van der Waals surface area contributed by atoms with Crippen molar-refractivity contribution in [1.82, 2.24) is 4.98 Å². The Balaban J connectivity index is 2.14. The van der Waals surface area contributed by atoms with Gasteiger partial charge in [0.05, 0.1) is 0 Å². The molecule has 17 heavy (non-hydrogen) atoms. The van der Waals surface area contributed by atoms with E-state index in [2.05, 4.69) is 4.98 Å². The van der Waals surface area contributed by atoms with Gasteiger partial charge in [-0.3, -0.25) is 0 Å². The van der Waals surface area contributed by atoms with Gasteiger partial charge in [0.15, 0.2) is 0 Å². The van der Waals surface area contributed by atoms with Gasteiger partial charge in [-0.25, -0.2) is 4.39 Å². The Labute approximate surface area is 103 Å². The molecule has 2 aromatic carbocycles. The third-order valence-electron chi connectivity index (χ3n) is 2.74. The number of halogens is 2. The first-order chi connectivity index (χ1) is 8.22. The van der Waals surface area contributed by atoms with E-state index in [1.165, 1.54) is 12.1 Å². The van der Waals surface area contributed by atoms with E-state index < -0.39 is 0 Å². The van der Waals surface area contributed by atoms with Crippen molar-refractivity contribution in [2.45, 2.75) is 0 Å². The summed E-state index contributed by atoms with van der Waals surface area (Å²) in [7, 11) is 0. The lowest BCUT2D eigenvalue weighted by molar-refractivity contribution is 0.630. The van der Waals surface area contributed by atoms with Gasteiger partial charge in [0.25, 0.3) is 0 Å². The zero-order valence-corrected chi connectivity index (χ0v) is 9.63. The average molecular weight is 246 g/mol. The monoisotopic (exact) mass is 245 g/mol. The maximum atomic E-state index is 13.1. The first-order valence-electron chi connectivity index (χ1n) is 5.26. The fourth-order valence-corrected chi connectivity index (χ4v) is 2.01. The van der Waals surface area contributed by atoms with Gasteiger partial charge in [-0.2, -0.15) is 0 Å². The van der Waals surface area contributed by atoms with Gasteiger partial charge in [0.1, 0.15) is 5.82 Å². The molecular weight excluding hydrogens is 237 g/mol. The molecule has 0 atom stereocenters. The molecule has 0 unspecified atom stereocenters. The zero-order valence-electron chi connectivity index (χ0n) is 8.87. The van der Waals surface area contributed by atoms with Crippen molar-refractivity contribution < 1.29 is 4.39 Å². The molecule has 0 aliphatic rings. The first-order valence-corrected chi connectivity index (χ1v) is 5.64. The van der Waals surface area contributed by atoms with Gasteiger partial charge in [-0.05, 0) is 42.0 Å². The molecule has 0 aliphatic heterocycles. The van der Waals surface area contributed by atoms with Gasteiger partial charge in [-0.1, -0.05) is 23.7 Å². The van der Waals surface area contributed by atoms with Gasteiger partial charge < -0.3 is 4.98 Å². The summed E-state index contributed by atoms with van der Waals surface area (Å²) in [6.45, 7) is 0. The first kappa shape index (κ1) is 10.4. The summed E-state index contributed by atoms with van der Waals surface area (Å²) in [5.41, 5.74) is 2.92. The summed E-state index contributed by atoms with van der Waals surface area (Å²) < 4.78 is 13.1. The molecule has 3 aromatic rings. The van der Waals surface area contributed by atoms with Crippen LogP contribution < -0.4 is 0 Å². The summed E-state index contributed by atoms with van der Waals surface area (Å²) in [5, 5.41) is 1.57. The molecule has 1 N–H and O–H groups in total. The largest absolute Gasteiger partial charge is 0.355 e. The lowest BCUT2D eigenvalue weighted by atomic mass is 10.1. The number of aromatic amines is 1. The summed E-state index contributed by atoms with van der Waals surface area (Å²) in [4.78, 5) is 3.25. The van der Waals surface area contributed by atoms with Crippen molar-refractivity contribution in [3.05, 3.63) is 59.4 Å². The van der Waals surface area contributed by atoms with Crippen LogP contribution in [0.4, 0.5) is 4.39 Å². The second-order valence-electron chi connectivity index (χ2n) is 3.92. The standard InChI is InChI=1S/C14H9ClFN/c15-11-3-1-9(2-4-11)14-8-10-7-12(16)5-6-13(10)17-14/h1-8,17H. The zero-order chi connectivity index (χ0) is 11.8. The van der Waals surface area contributed by atoms with Crippen molar-refractivity contribution in [3.8, 4) is 11.3 Å². The highest BCUT2D eigenvalue weighted by Crippen LogP contribution is 2.25. The predicted octanol–water partition coefficient (Wildman–Crippen LogP) is 4.63. The van der Waals surface area contributed by atoms with Crippen LogP contribution in [0.25, 0.3) is 22.2 Å². The van der Waals surface area contributed by atoms with Gasteiger partial charge in [-0.15, -0.1) is 0 Å². The highest BCUT2D eigenvalue weighted by atomic mass is 35.5. The number of nitrogens with one attached hydrogen (secondary N) is 1. The van der Waals surface area contributed by atoms with Gasteiger partial charge in [0.2, 0.25) is 0 Å². The van der Waals surface area contributed by atoms with Crippen molar-refractivity contribution in [2.24, 2.45) is 0 Å². The van der Waals surface area contributed by atoms with Crippen LogP contribution in [-0.2, 0) is 0 Å². The molecule has 0 spiro atoms. The number of hydrogen-bond donors (Lipinski definition) is 1. The van der Waals surface area contributed by atoms with E-state index in [4.69, 9.17) is 11.6 Å². The molecule has 0 bridgehead atoms. The Morgan fingerprint density at radius 1 is 0.941 bits per heavy atom. The Bertz CT molecular complexity index is 670. The van der Waals surface area contributed by atoms with E-state index in [0.717, 1.165) is 22.2 Å². The third kappa shape index (κ3) is 1.92. The van der Waals surface area contributed by atoms with E-state index in [-0.39, 0.29) is 5.82 Å². The minimum absolute atomic E-state index is 0.223. The molecule has 1 heterocycles. The van der Waals surface area contributed by atoms with E-state index in [0.29, 0.717) is 5.02 Å². The number of H-pyrrole nitrogens is 1. The smallest absolute Gasteiger partial charge is 0.123 e. The second kappa shape index (κ2) is 3.90. The normalized spacial score (nSPS) is 10.9. The molecule has 0 saturated carbocycles. The van der Waals surface area contributed by atoms with Crippen LogP contribution in [0.5, 0.6) is 0 Å². The van der Waals surface area contributed by atoms with Crippen molar-refractivity contribution in [1.29, 1.82) is 0 Å². The van der Waals surface area contributed by atoms with Crippen LogP contribution in [0.2, 0.25) is 5.02 Å². The summed E-state index contributed by atoms with van der Waals surface area (Å²) in [6.07, 6.45) is 0. The molecule has 0 fully saturated rings. The molecule has 1 nitrogen and oxygen atoms in total. The SMILES string of the molecule is Fc1ccc2[nH]c(-c3ccc(Cl)cc3)cc2c1. The minimum atomic E-state index is -0.223. The number of aromatic nitrogens is 1. The van der Waals surface area contributed by atoms with Gasteiger partial charge in [0, 0.05) is 21.6 Å². The summed E-state index contributed by atoms with van der Waals surface area (Å²) >= 11 is 5.84. The summed E-state index contributed by atoms with van der Waals surface area (Å²) in [5.74, 6) is -0.223. The highest BCUT2D eigenvalue weighted by molar-refractivity contribution is 6.30. The predicted molar refractivity (Wildman–Crippen MR) is 68.7 cm³/mol. The molecule has 84 valence electrons. The quantitative estimate of drug-likeness (QED) is 0.644. The maximum absolute atomic E-state index is 13.1. The van der Waals surface area contributed by atoms with Crippen LogP contribution in [0.3, 0.4) is 0 Å². The lowest BCUT2D eigenvalue weighted by Crippen LogP contribution is -1.75. The van der Waals surface area contributed by atoms with E-state index in [1.54, 1.807) is 6.07 Å². The molecule has 0 radical (unpaired) electrons. The van der Waals surface area contributed by atoms with Crippen molar-refractivity contribution in [3.63, 3.8) is 0 Å². The topological polar surface area (TPSA) is 15.8 Å². The Morgan fingerprint density at radius 3 is 2.47 bits per heavy atom. The lowest BCUT2D eigenvalue weighted by Gasteiger charge is -1.96. The number of benzene rings is 2. The number of rotatable bonds is 1. The van der Waals surface area contributed by atoms with Crippen LogP contribution >= 0.6 is 11.6 Å². The fourth-order valence-electron chi connectivity index (χ4n) is 1.89. The second-order valence-corrected chi connectivity index (χ2v) is 4.36. The minimum Gasteiger partial charge on any atom is -0.355 e. The Morgan fingerprint density at radius 2 is 1.71 bits per heavy atom. The average Bonchev–Trinajstić information content (AvgIpc) is 2.72. The van der Waals surface area contributed by atoms with E-state index in [1.807, 2.05) is 30.3 Å². The maximum Gasteiger partial charge on any atom is 0.123 e. The molecule has 0 saturated heterocycles. The Kier molecular flexibility index (Phi) is 2.37. The van der Waals surface area contributed by atoms with Crippen molar-refractivity contribution in [2.75, 3.05) is 0 Å². The van der Waals surface area contributed by atoms with E-state index >= 15 is 0 Å². The fraction of sp³-hybridized carbons (Fsp3) is 0. The molecule has 0 amide bonds. The number of hydrogen-bond acceptors (Lipinski definition) is 0. The third-order valence-corrected chi connectivity index (χ3v) is 2.99. The molecule has 0 aliphatic carbocycles. The Hall–Kier alpha value is -1.80. The molecule has 1 aromatic heterocycles. The van der Waals surface area contributed by atoms with Crippen LogP contribution in [0, 0.1) is 5.82 Å². The van der Waals surface area contributed by atoms with Gasteiger partial charge >= 0.3 is 0 Å². The van der Waals surface area contributed by atoms with Crippen LogP contribution in [0.1, 0.15) is 0 Å².